The van der Waals surface area contributed by atoms with Crippen LogP contribution in [-0.4, -0.2) is 29.5 Å². The molecule has 0 spiro atoms. The highest BCUT2D eigenvalue weighted by Gasteiger charge is 2.26. The Morgan fingerprint density at radius 2 is 2.17 bits per heavy atom. The molecule has 12 heavy (non-hydrogen) atoms. The van der Waals surface area contributed by atoms with Gasteiger partial charge in [-0.25, -0.2) is 0 Å². The molecule has 3 nitrogen and oxygen atoms in total. The van der Waals surface area contributed by atoms with Crippen LogP contribution in [0.3, 0.4) is 0 Å². The molecule has 72 valence electrons. The quantitative estimate of drug-likeness (QED) is 0.659. The Balaban J connectivity index is 2.23. The molecule has 0 aromatic rings. The first-order valence-corrected chi connectivity index (χ1v) is 4.58. The molecule has 3 heteroatoms. The van der Waals surface area contributed by atoms with Gasteiger partial charge in [0.1, 0.15) is 0 Å². The molecule has 0 bridgehead atoms. The molecule has 1 aliphatic rings. The summed E-state index contributed by atoms with van der Waals surface area (Å²) in [5.41, 5.74) is 5.07. The lowest BCUT2D eigenvalue weighted by atomic mass is 10.1. The first-order chi connectivity index (χ1) is 5.49. The second kappa shape index (κ2) is 3.73. The Kier molecular flexibility index (Phi) is 3.09. The highest BCUT2D eigenvalue weighted by atomic mass is 16.5. The first kappa shape index (κ1) is 9.96. The third kappa shape index (κ3) is 3.09. The van der Waals surface area contributed by atoms with Crippen molar-refractivity contribution in [3.05, 3.63) is 0 Å². The van der Waals surface area contributed by atoms with Crippen LogP contribution in [0.1, 0.15) is 33.1 Å². The Morgan fingerprint density at radius 3 is 2.58 bits per heavy atom. The van der Waals surface area contributed by atoms with E-state index < -0.39 is 5.60 Å². The van der Waals surface area contributed by atoms with Crippen LogP contribution in [0, 0.1) is 0 Å². The standard InChI is InChI=1S/C9H19NO2/c1-9(2,11)6-12-8-5-3-4-7(8)10/h7-8,11H,3-6,10H2,1-2H3. The lowest BCUT2D eigenvalue weighted by molar-refractivity contribution is -0.0545. The molecule has 0 aromatic heterocycles. The van der Waals surface area contributed by atoms with E-state index in [4.69, 9.17) is 10.5 Å². The second-order valence-corrected chi connectivity index (χ2v) is 4.26. The average Bonchev–Trinajstić information content (AvgIpc) is 2.29. The molecule has 0 aromatic carbocycles. The van der Waals surface area contributed by atoms with Gasteiger partial charge >= 0.3 is 0 Å². The van der Waals surface area contributed by atoms with E-state index in [0.29, 0.717) is 6.61 Å². The smallest absolute Gasteiger partial charge is 0.0824 e. The maximum atomic E-state index is 9.40. The van der Waals surface area contributed by atoms with Crippen LogP contribution >= 0.6 is 0 Å². The van der Waals surface area contributed by atoms with Crippen LogP contribution in [0.5, 0.6) is 0 Å². The molecular weight excluding hydrogens is 154 g/mol. The van der Waals surface area contributed by atoms with Crippen molar-refractivity contribution in [3.63, 3.8) is 0 Å². The fourth-order valence-corrected chi connectivity index (χ4v) is 1.47. The maximum Gasteiger partial charge on any atom is 0.0824 e. The number of hydrogen-bond acceptors (Lipinski definition) is 3. The first-order valence-electron chi connectivity index (χ1n) is 4.58. The normalized spacial score (nSPS) is 31.0. The Bertz CT molecular complexity index is 142. The van der Waals surface area contributed by atoms with Crippen molar-refractivity contribution in [2.45, 2.75) is 50.9 Å². The second-order valence-electron chi connectivity index (χ2n) is 4.26. The van der Waals surface area contributed by atoms with Gasteiger partial charge in [-0.3, -0.25) is 0 Å². The predicted octanol–water partition coefficient (Wildman–Crippen LogP) is 0.654. The van der Waals surface area contributed by atoms with Gasteiger partial charge in [0.25, 0.3) is 0 Å². The maximum absolute atomic E-state index is 9.40. The Morgan fingerprint density at radius 1 is 1.50 bits per heavy atom. The summed E-state index contributed by atoms with van der Waals surface area (Å²) < 4.78 is 5.50. The molecule has 1 rings (SSSR count). The van der Waals surface area contributed by atoms with Crippen molar-refractivity contribution in [3.8, 4) is 0 Å². The zero-order valence-electron chi connectivity index (χ0n) is 7.92. The van der Waals surface area contributed by atoms with Crippen LogP contribution < -0.4 is 5.73 Å². The molecule has 0 saturated heterocycles. The minimum atomic E-state index is -0.734. The van der Waals surface area contributed by atoms with Crippen LogP contribution in [0.2, 0.25) is 0 Å². The molecule has 0 aliphatic heterocycles. The molecular formula is C9H19NO2. The summed E-state index contributed by atoms with van der Waals surface area (Å²) in [5, 5.41) is 9.40. The van der Waals surface area contributed by atoms with E-state index in [2.05, 4.69) is 0 Å². The van der Waals surface area contributed by atoms with Crippen molar-refractivity contribution >= 4 is 0 Å². The third-order valence-corrected chi connectivity index (χ3v) is 2.15. The molecule has 3 N–H and O–H groups in total. The Labute approximate surface area is 73.9 Å². The van der Waals surface area contributed by atoms with Gasteiger partial charge in [0.15, 0.2) is 0 Å². The molecule has 1 fully saturated rings. The molecule has 0 amide bonds. The van der Waals surface area contributed by atoms with Gasteiger partial charge in [-0.2, -0.15) is 0 Å². The van der Waals surface area contributed by atoms with Gasteiger partial charge in [0.2, 0.25) is 0 Å². The van der Waals surface area contributed by atoms with Crippen LogP contribution in [0.15, 0.2) is 0 Å². The molecule has 1 aliphatic carbocycles. The molecule has 0 heterocycles. The summed E-state index contributed by atoms with van der Waals surface area (Å²) >= 11 is 0. The number of aliphatic hydroxyl groups is 1. The summed E-state index contributed by atoms with van der Waals surface area (Å²) in [6.07, 6.45) is 3.40. The molecule has 2 unspecified atom stereocenters. The van der Waals surface area contributed by atoms with Crippen LogP contribution in [0.4, 0.5) is 0 Å². The lowest BCUT2D eigenvalue weighted by Gasteiger charge is -2.22. The summed E-state index contributed by atoms with van der Waals surface area (Å²) in [6.45, 7) is 3.87. The van der Waals surface area contributed by atoms with Gasteiger partial charge in [-0.15, -0.1) is 0 Å². The van der Waals surface area contributed by atoms with Crippen LogP contribution in [-0.2, 0) is 4.74 Å². The zero-order chi connectivity index (χ0) is 9.19. The van der Waals surface area contributed by atoms with Crippen molar-refractivity contribution < 1.29 is 9.84 Å². The number of nitrogens with two attached hydrogens (primary N) is 1. The average molecular weight is 173 g/mol. The fraction of sp³-hybridized carbons (Fsp3) is 1.00. The minimum Gasteiger partial charge on any atom is -0.388 e. The van der Waals surface area contributed by atoms with Crippen molar-refractivity contribution in [2.75, 3.05) is 6.61 Å². The summed E-state index contributed by atoms with van der Waals surface area (Å²) in [4.78, 5) is 0. The summed E-state index contributed by atoms with van der Waals surface area (Å²) in [6, 6.07) is 0.173. The molecule has 0 radical (unpaired) electrons. The lowest BCUT2D eigenvalue weighted by Crippen LogP contribution is -2.36. The Hall–Kier alpha value is -0.120. The van der Waals surface area contributed by atoms with E-state index in [1.165, 1.54) is 0 Å². The van der Waals surface area contributed by atoms with E-state index in [1.54, 1.807) is 13.8 Å². The monoisotopic (exact) mass is 173 g/mol. The summed E-state index contributed by atoms with van der Waals surface area (Å²) in [5.74, 6) is 0. The third-order valence-electron chi connectivity index (χ3n) is 2.15. The summed E-state index contributed by atoms with van der Waals surface area (Å²) in [7, 11) is 0. The number of rotatable bonds is 3. The van der Waals surface area contributed by atoms with Crippen molar-refractivity contribution in [1.29, 1.82) is 0 Å². The molecule has 2 atom stereocenters. The highest BCUT2D eigenvalue weighted by Crippen LogP contribution is 2.21. The zero-order valence-corrected chi connectivity index (χ0v) is 7.92. The van der Waals surface area contributed by atoms with Gasteiger partial charge in [0.05, 0.1) is 18.3 Å². The van der Waals surface area contributed by atoms with Gasteiger partial charge in [-0.1, -0.05) is 0 Å². The van der Waals surface area contributed by atoms with Gasteiger partial charge < -0.3 is 15.6 Å². The van der Waals surface area contributed by atoms with E-state index in [9.17, 15) is 5.11 Å². The SMILES string of the molecule is CC(C)(O)COC1CCCC1N. The predicted molar refractivity (Wildman–Crippen MR) is 47.9 cm³/mol. The van der Waals surface area contributed by atoms with Crippen LogP contribution in [0.25, 0.3) is 0 Å². The number of hydrogen-bond donors (Lipinski definition) is 2. The van der Waals surface area contributed by atoms with Gasteiger partial charge in [0, 0.05) is 6.04 Å². The van der Waals surface area contributed by atoms with E-state index >= 15 is 0 Å². The van der Waals surface area contributed by atoms with Crippen molar-refractivity contribution in [2.24, 2.45) is 5.73 Å². The largest absolute Gasteiger partial charge is 0.388 e. The highest BCUT2D eigenvalue weighted by molar-refractivity contribution is 4.81. The van der Waals surface area contributed by atoms with E-state index in [-0.39, 0.29) is 12.1 Å². The minimum absolute atomic E-state index is 0.163. The topological polar surface area (TPSA) is 55.5 Å². The fourth-order valence-electron chi connectivity index (χ4n) is 1.47. The van der Waals surface area contributed by atoms with E-state index in [0.717, 1.165) is 19.3 Å². The molecule has 1 saturated carbocycles. The van der Waals surface area contributed by atoms with Crippen molar-refractivity contribution in [1.82, 2.24) is 0 Å². The van der Waals surface area contributed by atoms with Gasteiger partial charge in [-0.05, 0) is 33.1 Å². The number of ether oxygens (including phenoxy) is 1. The van der Waals surface area contributed by atoms with E-state index in [1.807, 2.05) is 0 Å².